The molecule has 4 rings (SSSR count). The normalized spacial score (nSPS) is 16.5. The number of aromatic nitrogens is 1. The van der Waals surface area contributed by atoms with Gasteiger partial charge in [0.15, 0.2) is 0 Å². The Hall–Kier alpha value is -2.50. The number of rotatable bonds is 4. The summed E-state index contributed by atoms with van der Waals surface area (Å²) < 4.78 is 32.9. The first kappa shape index (κ1) is 16.0. The van der Waals surface area contributed by atoms with Crippen molar-refractivity contribution in [2.24, 2.45) is 5.92 Å². The fourth-order valence-corrected chi connectivity index (χ4v) is 2.97. The Balaban J connectivity index is 1.48. The maximum Gasteiger partial charge on any atom is 0.257 e. The number of carbonyl (C=O) groups excluding carboxylic acids is 1. The van der Waals surface area contributed by atoms with E-state index >= 15 is 0 Å². The first-order valence-electron chi connectivity index (χ1n) is 8.46. The van der Waals surface area contributed by atoms with Crippen molar-refractivity contribution < 1.29 is 18.3 Å². The minimum Gasteiger partial charge on any atom is -0.477 e. The second-order valence-corrected chi connectivity index (χ2v) is 6.61. The van der Waals surface area contributed by atoms with E-state index in [4.69, 9.17) is 4.74 Å². The van der Waals surface area contributed by atoms with E-state index in [0.29, 0.717) is 37.9 Å². The summed E-state index contributed by atoms with van der Waals surface area (Å²) in [5.41, 5.74) is 1.58. The molecular formula is C19H18F2N2O2. The summed E-state index contributed by atoms with van der Waals surface area (Å²) in [6.45, 7) is 1.45. The van der Waals surface area contributed by atoms with Crippen LogP contribution < -0.4 is 4.74 Å². The molecule has 1 fully saturated rings. The summed E-state index contributed by atoms with van der Waals surface area (Å²) >= 11 is 0. The number of benzene rings is 1. The number of nitrogens with zero attached hydrogens (tertiary/aromatic N) is 2. The zero-order chi connectivity index (χ0) is 17.4. The lowest BCUT2D eigenvalue weighted by molar-refractivity contribution is 0.0728. The average Bonchev–Trinajstić information content (AvgIpc) is 3.45. The van der Waals surface area contributed by atoms with Gasteiger partial charge in [0.05, 0.1) is 17.9 Å². The van der Waals surface area contributed by atoms with Crippen LogP contribution in [0.1, 0.15) is 34.5 Å². The van der Waals surface area contributed by atoms with E-state index in [2.05, 4.69) is 4.98 Å². The molecule has 1 aromatic carbocycles. The average molecular weight is 344 g/mol. The fraction of sp³-hybridized carbons (Fsp3) is 0.368. The molecule has 0 radical (unpaired) electrons. The minimum atomic E-state index is -0.709. The van der Waals surface area contributed by atoms with Crippen LogP contribution >= 0.6 is 0 Å². The Labute approximate surface area is 144 Å². The Kier molecular flexibility index (Phi) is 4.11. The predicted molar refractivity (Wildman–Crippen MR) is 87.3 cm³/mol. The summed E-state index contributed by atoms with van der Waals surface area (Å²) in [6, 6.07) is 6.63. The van der Waals surface area contributed by atoms with Gasteiger partial charge in [0.25, 0.3) is 5.91 Å². The highest BCUT2D eigenvalue weighted by Gasteiger charge is 2.26. The lowest BCUT2D eigenvalue weighted by Gasteiger charge is -2.28. The van der Waals surface area contributed by atoms with Gasteiger partial charge >= 0.3 is 0 Å². The zero-order valence-electron chi connectivity index (χ0n) is 13.7. The predicted octanol–water partition coefficient (Wildman–Crippen LogP) is 3.35. The molecule has 0 N–H and O–H groups in total. The van der Waals surface area contributed by atoms with Crippen LogP contribution in [-0.4, -0.2) is 28.9 Å². The molecule has 1 aliphatic heterocycles. The molecule has 2 aliphatic rings. The summed E-state index contributed by atoms with van der Waals surface area (Å²) in [6.07, 6.45) is 3.01. The molecule has 1 saturated carbocycles. The van der Waals surface area contributed by atoms with Gasteiger partial charge < -0.3 is 9.64 Å². The van der Waals surface area contributed by atoms with Crippen molar-refractivity contribution in [2.75, 3.05) is 13.2 Å². The van der Waals surface area contributed by atoms with E-state index in [1.165, 1.54) is 17.7 Å². The first-order valence-corrected chi connectivity index (χ1v) is 8.46. The van der Waals surface area contributed by atoms with Crippen molar-refractivity contribution in [2.45, 2.75) is 25.8 Å². The smallest absolute Gasteiger partial charge is 0.257 e. The maximum atomic E-state index is 13.8. The highest BCUT2D eigenvalue weighted by Crippen LogP contribution is 2.30. The fourth-order valence-electron chi connectivity index (χ4n) is 2.97. The molecule has 2 aromatic rings. The molecule has 1 aromatic heterocycles. The van der Waals surface area contributed by atoms with Gasteiger partial charge in [-0.2, -0.15) is 0 Å². The largest absolute Gasteiger partial charge is 0.477 e. The zero-order valence-corrected chi connectivity index (χ0v) is 13.7. The van der Waals surface area contributed by atoms with E-state index < -0.39 is 17.5 Å². The van der Waals surface area contributed by atoms with Gasteiger partial charge in [-0.15, -0.1) is 0 Å². The second-order valence-electron chi connectivity index (χ2n) is 6.61. The van der Waals surface area contributed by atoms with Gasteiger partial charge in [0, 0.05) is 25.6 Å². The third-order valence-electron chi connectivity index (χ3n) is 4.63. The van der Waals surface area contributed by atoms with Crippen LogP contribution in [0.5, 0.6) is 5.88 Å². The maximum absolute atomic E-state index is 13.8. The summed E-state index contributed by atoms with van der Waals surface area (Å²) in [4.78, 5) is 18.5. The number of hydrogen-bond acceptors (Lipinski definition) is 3. The van der Waals surface area contributed by atoms with Gasteiger partial charge in [0.1, 0.15) is 11.6 Å². The summed E-state index contributed by atoms with van der Waals surface area (Å²) in [5, 5.41) is 0. The third kappa shape index (κ3) is 3.48. The highest BCUT2D eigenvalue weighted by molar-refractivity contribution is 5.94. The Morgan fingerprint density at radius 2 is 2.08 bits per heavy atom. The number of pyridine rings is 1. The first-order chi connectivity index (χ1) is 12.1. The number of fused-ring (bicyclic) bond motifs is 1. The lowest BCUT2D eigenvalue weighted by atomic mass is 10.0. The van der Waals surface area contributed by atoms with E-state index in [1.807, 2.05) is 6.07 Å². The molecule has 0 bridgehead atoms. The Bertz CT molecular complexity index is 821. The molecule has 4 nitrogen and oxygen atoms in total. The van der Waals surface area contributed by atoms with E-state index in [9.17, 15) is 13.6 Å². The highest BCUT2D eigenvalue weighted by atomic mass is 19.1. The van der Waals surface area contributed by atoms with Gasteiger partial charge in [0.2, 0.25) is 5.88 Å². The molecule has 0 atom stereocenters. The van der Waals surface area contributed by atoms with Crippen molar-refractivity contribution >= 4 is 5.91 Å². The van der Waals surface area contributed by atoms with E-state index in [0.717, 1.165) is 29.5 Å². The van der Waals surface area contributed by atoms with Crippen LogP contribution in [0.25, 0.3) is 0 Å². The topological polar surface area (TPSA) is 42.4 Å². The van der Waals surface area contributed by atoms with Crippen molar-refractivity contribution in [3.8, 4) is 5.88 Å². The standard InChI is InChI=1S/C19H18F2N2O2/c20-14-4-5-16(21)15(9-14)19(24)23-8-7-17-13(10-23)3-6-18(22-17)25-11-12-1-2-12/h3-6,9,12H,1-2,7-8,10-11H2. The lowest BCUT2D eigenvalue weighted by Crippen LogP contribution is -2.36. The molecule has 25 heavy (non-hydrogen) atoms. The van der Waals surface area contributed by atoms with Gasteiger partial charge in [-0.25, -0.2) is 13.8 Å². The van der Waals surface area contributed by atoms with Crippen molar-refractivity contribution in [3.63, 3.8) is 0 Å². The number of halogens is 2. The SMILES string of the molecule is O=C(c1cc(F)ccc1F)N1CCc2nc(OCC3CC3)ccc2C1. The Morgan fingerprint density at radius 1 is 1.24 bits per heavy atom. The molecule has 6 heteroatoms. The molecule has 0 spiro atoms. The minimum absolute atomic E-state index is 0.235. The number of hydrogen-bond donors (Lipinski definition) is 0. The van der Waals surface area contributed by atoms with E-state index in [-0.39, 0.29) is 5.56 Å². The van der Waals surface area contributed by atoms with Crippen LogP contribution in [-0.2, 0) is 13.0 Å². The molecular weight excluding hydrogens is 326 g/mol. The molecule has 1 aliphatic carbocycles. The Morgan fingerprint density at radius 3 is 2.88 bits per heavy atom. The monoisotopic (exact) mass is 344 g/mol. The number of amides is 1. The van der Waals surface area contributed by atoms with Crippen molar-refractivity contribution in [1.82, 2.24) is 9.88 Å². The van der Waals surface area contributed by atoms with Crippen LogP contribution in [0.15, 0.2) is 30.3 Å². The van der Waals surface area contributed by atoms with Crippen molar-refractivity contribution in [3.05, 3.63) is 58.8 Å². The molecule has 1 amide bonds. The number of carbonyl (C=O) groups is 1. The van der Waals surface area contributed by atoms with E-state index in [1.54, 1.807) is 6.07 Å². The molecule has 0 saturated heterocycles. The summed E-state index contributed by atoms with van der Waals surface area (Å²) in [7, 11) is 0. The quantitative estimate of drug-likeness (QED) is 0.854. The van der Waals surface area contributed by atoms with Crippen LogP contribution in [0, 0.1) is 17.6 Å². The molecule has 2 heterocycles. The number of ether oxygens (including phenoxy) is 1. The second kappa shape index (κ2) is 6.43. The van der Waals surface area contributed by atoms with Crippen LogP contribution in [0.4, 0.5) is 8.78 Å². The molecule has 130 valence electrons. The van der Waals surface area contributed by atoms with Gasteiger partial charge in [-0.3, -0.25) is 4.79 Å². The van der Waals surface area contributed by atoms with Crippen molar-refractivity contribution in [1.29, 1.82) is 0 Å². The van der Waals surface area contributed by atoms with Crippen LogP contribution in [0.3, 0.4) is 0 Å². The van der Waals surface area contributed by atoms with Gasteiger partial charge in [-0.05, 0) is 42.5 Å². The van der Waals surface area contributed by atoms with Crippen LogP contribution in [0.2, 0.25) is 0 Å². The summed E-state index contributed by atoms with van der Waals surface area (Å²) in [5.74, 6) is -0.564. The van der Waals surface area contributed by atoms with Gasteiger partial charge in [-0.1, -0.05) is 6.07 Å². The third-order valence-corrected chi connectivity index (χ3v) is 4.63. The molecule has 0 unspecified atom stereocenters.